The van der Waals surface area contributed by atoms with Crippen molar-refractivity contribution < 1.29 is 9.47 Å². The second-order valence-corrected chi connectivity index (χ2v) is 4.02. The molecule has 0 spiro atoms. The summed E-state index contributed by atoms with van der Waals surface area (Å²) in [5, 5.41) is 0. The van der Waals surface area contributed by atoms with Gasteiger partial charge in [-0.05, 0) is 24.1 Å². The van der Waals surface area contributed by atoms with Gasteiger partial charge in [0, 0.05) is 26.2 Å². The van der Waals surface area contributed by atoms with E-state index in [4.69, 9.17) is 15.2 Å². The van der Waals surface area contributed by atoms with E-state index in [1.165, 1.54) is 6.42 Å². The second-order valence-electron chi connectivity index (χ2n) is 4.02. The predicted octanol–water partition coefficient (Wildman–Crippen LogP) is 2.73. The van der Waals surface area contributed by atoms with Crippen LogP contribution in [0.2, 0.25) is 0 Å². The molecule has 0 aliphatic heterocycles. The van der Waals surface area contributed by atoms with Gasteiger partial charge in [-0.2, -0.15) is 0 Å². The Morgan fingerprint density at radius 3 is 2.35 bits per heavy atom. The van der Waals surface area contributed by atoms with Crippen LogP contribution in [0, 0.1) is 0 Å². The molecule has 0 saturated carbocycles. The minimum atomic E-state index is 0.575. The van der Waals surface area contributed by atoms with E-state index in [1.807, 2.05) is 24.3 Å². The van der Waals surface area contributed by atoms with Crippen molar-refractivity contribution in [2.45, 2.75) is 32.7 Å². The predicted molar refractivity (Wildman–Crippen MR) is 70.2 cm³/mol. The Morgan fingerprint density at radius 2 is 1.71 bits per heavy atom. The number of benzene rings is 1. The molecule has 0 saturated heterocycles. The zero-order valence-corrected chi connectivity index (χ0v) is 10.7. The van der Waals surface area contributed by atoms with Crippen LogP contribution in [0.3, 0.4) is 0 Å². The van der Waals surface area contributed by atoms with Crippen LogP contribution in [0.5, 0.6) is 5.75 Å². The second kappa shape index (κ2) is 9.02. The number of hydrogen-bond donors (Lipinski definition) is 1. The lowest BCUT2D eigenvalue weighted by Gasteiger charge is -2.07. The Morgan fingerprint density at radius 1 is 1.00 bits per heavy atom. The molecule has 17 heavy (non-hydrogen) atoms. The molecule has 0 unspecified atom stereocenters. The molecule has 0 aliphatic carbocycles. The van der Waals surface area contributed by atoms with Crippen LogP contribution in [0.1, 0.15) is 31.7 Å². The third kappa shape index (κ3) is 6.29. The number of ether oxygens (including phenoxy) is 2. The third-order valence-electron chi connectivity index (χ3n) is 2.50. The van der Waals surface area contributed by atoms with Gasteiger partial charge in [0.25, 0.3) is 0 Å². The molecule has 3 heteroatoms. The fourth-order valence-electron chi connectivity index (χ4n) is 1.42. The smallest absolute Gasteiger partial charge is 0.119 e. The van der Waals surface area contributed by atoms with Gasteiger partial charge in [-0.1, -0.05) is 25.5 Å². The van der Waals surface area contributed by atoms with Crippen LogP contribution in [0.15, 0.2) is 24.3 Å². The summed E-state index contributed by atoms with van der Waals surface area (Å²) in [4.78, 5) is 0. The molecule has 0 aromatic heterocycles. The monoisotopic (exact) mass is 237 g/mol. The van der Waals surface area contributed by atoms with Crippen molar-refractivity contribution in [1.82, 2.24) is 0 Å². The molecule has 1 aromatic carbocycles. The van der Waals surface area contributed by atoms with Crippen LogP contribution >= 0.6 is 0 Å². The molecule has 0 aliphatic rings. The summed E-state index contributed by atoms with van der Waals surface area (Å²) in [6.07, 6.45) is 3.26. The van der Waals surface area contributed by atoms with Crippen molar-refractivity contribution in [2.24, 2.45) is 5.73 Å². The van der Waals surface area contributed by atoms with E-state index in [0.29, 0.717) is 13.2 Å². The van der Waals surface area contributed by atoms with E-state index < -0.39 is 0 Å². The Labute approximate surface area is 104 Å². The minimum Gasteiger partial charge on any atom is -0.494 e. The molecule has 1 aromatic rings. The number of nitrogens with two attached hydrogens (primary N) is 1. The largest absolute Gasteiger partial charge is 0.494 e. The highest BCUT2D eigenvalue weighted by Crippen LogP contribution is 2.11. The molecule has 96 valence electrons. The molecule has 1 rings (SSSR count). The molecule has 0 bridgehead atoms. The van der Waals surface area contributed by atoms with E-state index in [9.17, 15) is 0 Å². The lowest BCUT2D eigenvalue weighted by molar-refractivity contribution is 0.117. The number of hydrogen-bond acceptors (Lipinski definition) is 3. The van der Waals surface area contributed by atoms with Gasteiger partial charge >= 0.3 is 0 Å². The molecule has 0 atom stereocenters. The van der Waals surface area contributed by atoms with Gasteiger partial charge in [-0.15, -0.1) is 0 Å². The van der Waals surface area contributed by atoms with Crippen LogP contribution in [-0.2, 0) is 11.3 Å². The molecule has 2 N–H and O–H groups in total. The average Bonchev–Trinajstić information content (AvgIpc) is 2.38. The first-order valence-electron chi connectivity index (χ1n) is 6.36. The average molecular weight is 237 g/mol. The number of unbranched alkanes of at least 4 members (excludes halogenated alkanes) is 1. The summed E-state index contributed by atoms with van der Waals surface area (Å²) < 4.78 is 11.0. The Balaban J connectivity index is 2.05. The molecule has 0 amide bonds. The first-order chi connectivity index (χ1) is 8.36. The van der Waals surface area contributed by atoms with Gasteiger partial charge in [-0.3, -0.25) is 0 Å². The van der Waals surface area contributed by atoms with Crippen molar-refractivity contribution in [2.75, 3.05) is 19.8 Å². The molecular formula is C14H23NO2. The fourth-order valence-corrected chi connectivity index (χ4v) is 1.42. The first kappa shape index (κ1) is 14.0. The maximum Gasteiger partial charge on any atom is 0.119 e. The summed E-state index contributed by atoms with van der Waals surface area (Å²) in [5.41, 5.74) is 6.65. The van der Waals surface area contributed by atoms with Crippen LogP contribution in [0.25, 0.3) is 0 Å². The molecule has 3 nitrogen and oxygen atoms in total. The Hall–Kier alpha value is -1.06. The molecule has 0 fully saturated rings. The number of rotatable bonds is 9. The fraction of sp³-hybridized carbons (Fsp3) is 0.571. The van der Waals surface area contributed by atoms with Crippen molar-refractivity contribution in [3.8, 4) is 5.75 Å². The van der Waals surface area contributed by atoms with Crippen molar-refractivity contribution in [3.63, 3.8) is 0 Å². The van der Waals surface area contributed by atoms with Gasteiger partial charge in [-0.25, -0.2) is 0 Å². The highest BCUT2D eigenvalue weighted by molar-refractivity contribution is 5.26. The van der Waals surface area contributed by atoms with Gasteiger partial charge < -0.3 is 15.2 Å². The molecule has 0 radical (unpaired) electrons. The van der Waals surface area contributed by atoms with Crippen molar-refractivity contribution >= 4 is 0 Å². The van der Waals surface area contributed by atoms with Crippen LogP contribution in [-0.4, -0.2) is 19.8 Å². The summed E-state index contributed by atoms with van der Waals surface area (Å²) in [7, 11) is 0. The zero-order chi connectivity index (χ0) is 12.3. The van der Waals surface area contributed by atoms with Crippen molar-refractivity contribution in [3.05, 3.63) is 29.8 Å². The van der Waals surface area contributed by atoms with Gasteiger partial charge in [0.15, 0.2) is 0 Å². The Kier molecular flexibility index (Phi) is 7.43. The van der Waals surface area contributed by atoms with E-state index in [-0.39, 0.29) is 0 Å². The van der Waals surface area contributed by atoms with E-state index in [2.05, 4.69) is 6.92 Å². The van der Waals surface area contributed by atoms with Crippen LogP contribution in [0.4, 0.5) is 0 Å². The van der Waals surface area contributed by atoms with Gasteiger partial charge in [0.2, 0.25) is 0 Å². The molecule has 0 heterocycles. The lowest BCUT2D eigenvalue weighted by Crippen LogP contribution is -2.04. The highest BCUT2D eigenvalue weighted by atomic mass is 16.5. The van der Waals surface area contributed by atoms with Gasteiger partial charge in [0.05, 0.1) is 6.61 Å². The maximum atomic E-state index is 5.59. The highest BCUT2D eigenvalue weighted by Gasteiger charge is 1.94. The third-order valence-corrected chi connectivity index (χ3v) is 2.50. The Bertz CT molecular complexity index is 285. The van der Waals surface area contributed by atoms with E-state index in [0.717, 1.165) is 37.4 Å². The topological polar surface area (TPSA) is 44.5 Å². The first-order valence-corrected chi connectivity index (χ1v) is 6.36. The summed E-state index contributed by atoms with van der Waals surface area (Å²) in [6, 6.07) is 7.90. The SMILES string of the molecule is CCCCOCCCOc1ccc(CN)cc1. The summed E-state index contributed by atoms with van der Waals surface area (Å²) in [5.74, 6) is 0.899. The summed E-state index contributed by atoms with van der Waals surface area (Å²) >= 11 is 0. The minimum absolute atomic E-state index is 0.575. The standard InChI is InChI=1S/C14H23NO2/c1-2-3-9-16-10-4-11-17-14-7-5-13(12-15)6-8-14/h5-8H,2-4,9-12,15H2,1H3. The normalized spacial score (nSPS) is 10.5. The zero-order valence-electron chi connectivity index (χ0n) is 10.7. The lowest BCUT2D eigenvalue weighted by atomic mass is 10.2. The van der Waals surface area contributed by atoms with E-state index in [1.54, 1.807) is 0 Å². The van der Waals surface area contributed by atoms with Crippen molar-refractivity contribution in [1.29, 1.82) is 0 Å². The summed E-state index contributed by atoms with van der Waals surface area (Å²) in [6.45, 7) is 5.08. The van der Waals surface area contributed by atoms with Gasteiger partial charge in [0.1, 0.15) is 5.75 Å². The maximum absolute atomic E-state index is 5.59. The quantitative estimate of drug-likeness (QED) is 0.672. The van der Waals surface area contributed by atoms with E-state index >= 15 is 0 Å². The van der Waals surface area contributed by atoms with Crippen LogP contribution < -0.4 is 10.5 Å². The molecular weight excluding hydrogens is 214 g/mol.